The second-order valence-electron chi connectivity index (χ2n) is 4.41. The van der Waals surface area contributed by atoms with E-state index >= 15 is 0 Å². The Kier molecular flexibility index (Phi) is 4.79. The topological polar surface area (TPSA) is 97.1 Å². The van der Waals surface area contributed by atoms with E-state index in [1.165, 1.54) is 0 Å². The van der Waals surface area contributed by atoms with Crippen LogP contribution in [0.2, 0.25) is 0 Å². The highest BCUT2D eigenvalue weighted by Crippen LogP contribution is 2.23. The number of hydrogen-bond donors (Lipinski definition) is 2. The summed E-state index contributed by atoms with van der Waals surface area (Å²) in [5.74, 6) is -1.20. The van der Waals surface area contributed by atoms with Gasteiger partial charge in [-0.1, -0.05) is 11.8 Å². The lowest BCUT2D eigenvalue weighted by Crippen LogP contribution is -2.27. The number of amides is 1. The van der Waals surface area contributed by atoms with Crippen molar-refractivity contribution < 1.29 is 14.7 Å². The van der Waals surface area contributed by atoms with Gasteiger partial charge in [0.2, 0.25) is 5.91 Å². The third-order valence-electron chi connectivity index (χ3n) is 2.70. The van der Waals surface area contributed by atoms with E-state index in [-0.39, 0.29) is 18.2 Å². The molecule has 0 bridgehead atoms. The number of carbonyl (C=O) groups excluding carboxylic acids is 1. The number of fused-ring (bicyclic) bond motifs is 1. The molecule has 2 rings (SSSR count). The number of imidazole rings is 1. The van der Waals surface area contributed by atoms with E-state index in [4.69, 9.17) is 5.11 Å². The molecule has 0 radical (unpaired) electrons. The van der Waals surface area contributed by atoms with Crippen LogP contribution >= 0.6 is 11.8 Å². The minimum atomic E-state index is -0.930. The molecule has 0 aromatic carbocycles. The smallest absolute Gasteiger partial charge is 0.313 e. The molecule has 1 amide bonds. The van der Waals surface area contributed by atoms with Crippen LogP contribution in [0.15, 0.2) is 17.3 Å². The molecule has 0 fully saturated rings. The van der Waals surface area contributed by atoms with Crippen molar-refractivity contribution >= 4 is 34.8 Å². The molecule has 0 aliphatic heterocycles. The van der Waals surface area contributed by atoms with Gasteiger partial charge in [0.05, 0.1) is 5.75 Å². The van der Waals surface area contributed by atoms with Crippen LogP contribution < -0.4 is 5.32 Å². The summed E-state index contributed by atoms with van der Waals surface area (Å²) in [7, 11) is 0. The first-order chi connectivity index (χ1) is 10.0. The molecule has 2 heterocycles. The molecule has 0 saturated heterocycles. The van der Waals surface area contributed by atoms with E-state index in [0.29, 0.717) is 22.9 Å². The van der Waals surface area contributed by atoms with Gasteiger partial charge in [-0.15, -0.1) is 0 Å². The average Bonchev–Trinajstić information content (AvgIpc) is 2.74. The molecule has 112 valence electrons. The van der Waals surface area contributed by atoms with E-state index in [1.807, 2.05) is 26.0 Å². The molecule has 21 heavy (non-hydrogen) atoms. The van der Waals surface area contributed by atoms with Crippen molar-refractivity contribution in [2.45, 2.75) is 25.5 Å². The third-order valence-corrected chi connectivity index (χ3v) is 3.66. The molecule has 2 aromatic heterocycles. The van der Waals surface area contributed by atoms with Crippen LogP contribution in [0.3, 0.4) is 0 Å². The maximum Gasteiger partial charge on any atom is 0.313 e. The molecule has 0 saturated carbocycles. The quantitative estimate of drug-likeness (QED) is 0.774. The summed E-state index contributed by atoms with van der Waals surface area (Å²) in [6.45, 7) is 4.30. The minimum absolute atomic E-state index is 0.0722. The second-order valence-corrected chi connectivity index (χ2v) is 5.35. The molecular weight excluding hydrogens is 292 g/mol. The van der Waals surface area contributed by atoms with Gasteiger partial charge in [0.15, 0.2) is 10.8 Å². The fraction of sp³-hybridized carbons (Fsp3) is 0.385. The summed E-state index contributed by atoms with van der Waals surface area (Å²) in [5.41, 5.74) is 2.06. The van der Waals surface area contributed by atoms with Gasteiger partial charge in [0, 0.05) is 12.2 Å². The molecule has 0 unspecified atom stereocenters. The van der Waals surface area contributed by atoms with Crippen LogP contribution in [0.5, 0.6) is 0 Å². The maximum absolute atomic E-state index is 11.8. The lowest BCUT2D eigenvalue weighted by Gasteiger charge is -2.07. The molecule has 0 atom stereocenters. The summed E-state index contributed by atoms with van der Waals surface area (Å²) in [6, 6.07) is 3.65. The Balaban J connectivity index is 2.40. The van der Waals surface area contributed by atoms with Crippen LogP contribution in [0.1, 0.15) is 12.6 Å². The summed E-state index contributed by atoms with van der Waals surface area (Å²) in [4.78, 5) is 31.3. The Bertz CT molecular complexity index is 683. The third kappa shape index (κ3) is 3.72. The number of nitrogens with zero attached hydrogens (tertiary/aromatic N) is 3. The highest BCUT2D eigenvalue weighted by Gasteiger charge is 2.16. The first kappa shape index (κ1) is 15.3. The number of likely N-dealkylation sites (N-methyl/N-ethyl adjacent to an activating group) is 1. The van der Waals surface area contributed by atoms with Gasteiger partial charge < -0.3 is 10.4 Å². The number of aliphatic carboxylic acids is 1. The SMILES string of the molecule is CCNC(=O)Cn1c(SCC(=O)O)nc2ccc(C)nc21. The second kappa shape index (κ2) is 6.57. The Labute approximate surface area is 125 Å². The zero-order valence-corrected chi connectivity index (χ0v) is 12.6. The van der Waals surface area contributed by atoms with Crippen LogP contribution in [0, 0.1) is 6.92 Å². The first-order valence-electron chi connectivity index (χ1n) is 6.46. The van der Waals surface area contributed by atoms with Gasteiger partial charge in [-0.25, -0.2) is 9.97 Å². The minimum Gasteiger partial charge on any atom is -0.481 e. The van der Waals surface area contributed by atoms with E-state index in [9.17, 15) is 9.59 Å². The standard InChI is InChI=1S/C13H16N4O3S/c1-3-14-10(18)6-17-12-9(5-4-8(2)15-12)16-13(17)21-7-11(19)20/h4-5H,3,6-7H2,1-2H3,(H,14,18)(H,19,20). The van der Waals surface area contributed by atoms with Crippen molar-refractivity contribution in [2.75, 3.05) is 12.3 Å². The number of pyridine rings is 1. The van der Waals surface area contributed by atoms with Crippen LogP contribution in [-0.4, -0.2) is 43.8 Å². The van der Waals surface area contributed by atoms with E-state index in [0.717, 1.165) is 17.5 Å². The molecule has 8 heteroatoms. The predicted octanol–water partition coefficient (Wildman–Crippen LogP) is 1.05. The van der Waals surface area contributed by atoms with Crippen molar-refractivity contribution in [2.24, 2.45) is 0 Å². The van der Waals surface area contributed by atoms with E-state index < -0.39 is 5.97 Å². The number of thioether (sulfide) groups is 1. The Morgan fingerprint density at radius 1 is 1.38 bits per heavy atom. The number of hydrogen-bond acceptors (Lipinski definition) is 5. The molecule has 2 aromatic rings. The monoisotopic (exact) mass is 308 g/mol. The molecule has 0 aliphatic carbocycles. The van der Waals surface area contributed by atoms with Crippen LogP contribution in [0.25, 0.3) is 11.2 Å². The fourth-order valence-electron chi connectivity index (χ4n) is 1.85. The largest absolute Gasteiger partial charge is 0.481 e. The summed E-state index contributed by atoms with van der Waals surface area (Å²) in [5, 5.41) is 12.0. The number of nitrogens with one attached hydrogen (secondary N) is 1. The molecule has 2 N–H and O–H groups in total. The maximum atomic E-state index is 11.8. The summed E-state index contributed by atoms with van der Waals surface area (Å²) < 4.78 is 1.65. The molecular formula is C13H16N4O3S. The van der Waals surface area contributed by atoms with Crippen molar-refractivity contribution in [3.8, 4) is 0 Å². The number of aromatic nitrogens is 3. The van der Waals surface area contributed by atoms with Gasteiger partial charge in [-0.05, 0) is 26.0 Å². The lowest BCUT2D eigenvalue weighted by molar-refractivity contribution is -0.133. The van der Waals surface area contributed by atoms with Crippen LogP contribution in [-0.2, 0) is 16.1 Å². The average molecular weight is 308 g/mol. The van der Waals surface area contributed by atoms with Gasteiger partial charge in [0.1, 0.15) is 12.1 Å². The number of carboxylic acids is 1. The fourth-order valence-corrected chi connectivity index (χ4v) is 2.57. The molecule has 0 spiro atoms. The molecule has 7 nitrogen and oxygen atoms in total. The van der Waals surface area contributed by atoms with Gasteiger partial charge in [-0.3, -0.25) is 14.2 Å². The van der Waals surface area contributed by atoms with Gasteiger partial charge in [0.25, 0.3) is 0 Å². The zero-order valence-electron chi connectivity index (χ0n) is 11.8. The predicted molar refractivity (Wildman–Crippen MR) is 79.3 cm³/mol. The molecule has 0 aliphatic rings. The highest BCUT2D eigenvalue weighted by atomic mass is 32.2. The number of carbonyl (C=O) groups is 2. The highest BCUT2D eigenvalue weighted by molar-refractivity contribution is 7.99. The summed E-state index contributed by atoms with van der Waals surface area (Å²) in [6.07, 6.45) is 0. The van der Waals surface area contributed by atoms with Crippen molar-refractivity contribution in [3.63, 3.8) is 0 Å². The van der Waals surface area contributed by atoms with Crippen molar-refractivity contribution in [3.05, 3.63) is 17.8 Å². The van der Waals surface area contributed by atoms with Gasteiger partial charge in [-0.2, -0.15) is 0 Å². The Morgan fingerprint density at radius 3 is 2.81 bits per heavy atom. The van der Waals surface area contributed by atoms with E-state index in [1.54, 1.807) is 4.57 Å². The van der Waals surface area contributed by atoms with Crippen molar-refractivity contribution in [1.82, 2.24) is 19.9 Å². The Morgan fingerprint density at radius 2 is 2.14 bits per heavy atom. The van der Waals surface area contributed by atoms with Gasteiger partial charge >= 0.3 is 5.97 Å². The Hall–Kier alpha value is -2.09. The normalized spacial score (nSPS) is 10.8. The van der Waals surface area contributed by atoms with Crippen molar-refractivity contribution in [1.29, 1.82) is 0 Å². The van der Waals surface area contributed by atoms with E-state index in [2.05, 4.69) is 15.3 Å². The summed E-state index contributed by atoms with van der Waals surface area (Å²) >= 11 is 1.08. The number of carboxylic acid groups (broad SMARTS) is 1. The first-order valence-corrected chi connectivity index (χ1v) is 7.45. The number of rotatable bonds is 6. The van der Waals surface area contributed by atoms with Crippen LogP contribution in [0.4, 0.5) is 0 Å². The lowest BCUT2D eigenvalue weighted by atomic mass is 10.3. The number of aryl methyl sites for hydroxylation is 1. The zero-order chi connectivity index (χ0) is 15.4.